The van der Waals surface area contributed by atoms with Crippen LogP contribution in [0.4, 0.5) is 5.13 Å². The standard InChI is InChI=1S/C26H29N3O3S.ClH/c1-5-28(6-2)15-16-29(25(30)20-12-11-18-9-7-8-10-19(18)17-20)26-27-23-21(31-3)13-14-22(32-4)24(23)33-26;/h7-14,17H,5-6,15-16H2,1-4H3;1H. The lowest BCUT2D eigenvalue weighted by Crippen LogP contribution is -2.38. The zero-order chi connectivity index (χ0) is 23.4. The van der Waals surface area contributed by atoms with Gasteiger partial charge in [0.25, 0.3) is 5.91 Å². The van der Waals surface area contributed by atoms with Gasteiger partial charge < -0.3 is 14.4 Å². The maximum atomic E-state index is 13.8. The van der Waals surface area contributed by atoms with E-state index in [0.29, 0.717) is 28.5 Å². The first-order valence-electron chi connectivity index (χ1n) is 11.1. The molecule has 34 heavy (non-hydrogen) atoms. The van der Waals surface area contributed by atoms with E-state index in [-0.39, 0.29) is 18.3 Å². The van der Waals surface area contributed by atoms with Crippen LogP contribution in [0.1, 0.15) is 24.2 Å². The molecule has 8 heteroatoms. The predicted octanol–water partition coefficient (Wildman–Crippen LogP) is 5.88. The monoisotopic (exact) mass is 499 g/mol. The van der Waals surface area contributed by atoms with Gasteiger partial charge in [0, 0.05) is 18.7 Å². The van der Waals surface area contributed by atoms with E-state index in [1.54, 1.807) is 19.1 Å². The molecule has 0 aliphatic rings. The molecule has 0 spiro atoms. The molecular formula is C26H30ClN3O3S. The van der Waals surface area contributed by atoms with E-state index < -0.39 is 0 Å². The minimum absolute atomic E-state index is 0. The van der Waals surface area contributed by atoms with Crippen LogP contribution in [0, 0.1) is 0 Å². The van der Waals surface area contributed by atoms with Crippen molar-refractivity contribution in [2.45, 2.75) is 13.8 Å². The van der Waals surface area contributed by atoms with Crippen molar-refractivity contribution < 1.29 is 14.3 Å². The highest BCUT2D eigenvalue weighted by Crippen LogP contribution is 2.40. The van der Waals surface area contributed by atoms with Crippen molar-refractivity contribution in [2.75, 3.05) is 45.3 Å². The fourth-order valence-electron chi connectivity index (χ4n) is 3.93. The number of rotatable bonds is 9. The molecule has 1 amide bonds. The topological polar surface area (TPSA) is 54.9 Å². The number of benzene rings is 3. The van der Waals surface area contributed by atoms with Gasteiger partial charge in [-0.3, -0.25) is 9.69 Å². The molecule has 0 N–H and O–H groups in total. The summed E-state index contributed by atoms with van der Waals surface area (Å²) in [4.78, 5) is 22.7. The predicted molar refractivity (Wildman–Crippen MR) is 143 cm³/mol. The van der Waals surface area contributed by atoms with Gasteiger partial charge in [-0.05, 0) is 48.1 Å². The Morgan fingerprint density at radius 3 is 2.26 bits per heavy atom. The number of halogens is 1. The van der Waals surface area contributed by atoms with E-state index in [2.05, 4.69) is 18.7 Å². The Morgan fingerprint density at radius 2 is 1.59 bits per heavy atom. The highest BCUT2D eigenvalue weighted by molar-refractivity contribution is 7.22. The number of nitrogens with zero attached hydrogens (tertiary/aromatic N) is 3. The number of likely N-dealkylation sites (N-methyl/N-ethyl adjacent to an activating group) is 1. The highest BCUT2D eigenvalue weighted by atomic mass is 35.5. The summed E-state index contributed by atoms with van der Waals surface area (Å²) in [7, 11) is 3.26. The largest absolute Gasteiger partial charge is 0.495 e. The molecule has 0 aliphatic heterocycles. The number of amides is 1. The van der Waals surface area contributed by atoms with Crippen molar-refractivity contribution in [3.05, 3.63) is 60.2 Å². The summed E-state index contributed by atoms with van der Waals surface area (Å²) in [6.07, 6.45) is 0. The lowest BCUT2D eigenvalue weighted by Gasteiger charge is -2.25. The molecule has 0 saturated heterocycles. The number of aromatic nitrogens is 1. The quantitative estimate of drug-likeness (QED) is 0.288. The third kappa shape index (κ3) is 5.12. The van der Waals surface area contributed by atoms with Gasteiger partial charge in [0.1, 0.15) is 21.7 Å². The first-order chi connectivity index (χ1) is 16.1. The Morgan fingerprint density at radius 1 is 0.912 bits per heavy atom. The number of hydrogen-bond acceptors (Lipinski definition) is 6. The molecular weight excluding hydrogens is 470 g/mol. The van der Waals surface area contributed by atoms with Crippen LogP contribution in [0.3, 0.4) is 0 Å². The minimum atomic E-state index is -0.0649. The average molecular weight is 500 g/mol. The van der Waals surface area contributed by atoms with Gasteiger partial charge >= 0.3 is 0 Å². The summed E-state index contributed by atoms with van der Waals surface area (Å²) in [6.45, 7) is 7.42. The van der Waals surface area contributed by atoms with Gasteiger partial charge in [0.2, 0.25) is 0 Å². The Bertz CT molecular complexity index is 1230. The summed E-state index contributed by atoms with van der Waals surface area (Å²) < 4.78 is 11.9. The molecule has 0 saturated carbocycles. The SMILES string of the molecule is CCN(CC)CCN(C(=O)c1ccc2ccccc2c1)c1nc2c(OC)ccc(OC)c2s1.Cl. The van der Waals surface area contributed by atoms with Crippen LogP contribution in [0.15, 0.2) is 54.6 Å². The van der Waals surface area contributed by atoms with Crippen molar-refractivity contribution in [3.8, 4) is 11.5 Å². The van der Waals surface area contributed by atoms with Crippen molar-refractivity contribution >= 4 is 55.8 Å². The number of anilines is 1. The summed E-state index contributed by atoms with van der Waals surface area (Å²) in [5, 5.41) is 2.79. The van der Waals surface area contributed by atoms with Gasteiger partial charge in [0.15, 0.2) is 5.13 Å². The summed E-state index contributed by atoms with van der Waals surface area (Å²) in [5.74, 6) is 1.32. The number of fused-ring (bicyclic) bond motifs is 2. The first kappa shape index (κ1) is 25.7. The van der Waals surface area contributed by atoms with Crippen LogP contribution < -0.4 is 14.4 Å². The molecule has 0 unspecified atom stereocenters. The van der Waals surface area contributed by atoms with Crippen LogP contribution in [0.2, 0.25) is 0 Å². The van der Waals surface area contributed by atoms with Crippen LogP contribution in [0.25, 0.3) is 21.0 Å². The molecule has 0 atom stereocenters. The van der Waals surface area contributed by atoms with Gasteiger partial charge in [0.05, 0.1) is 14.2 Å². The Labute approximate surface area is 210 Å². The molecule has 4 rings (SSSR count). The fraction of sp³-hybridized carbons (Fsp3) is 0.308. The van der Waals surface area contributed by atoms with E-state index in [1.807, 2.05) is 54.6 Å². The zero-order valence-corrected chi connectivity index (χ0v) is 21.5. The van der Waals surface area contributed by atoms with Crippen molar-refractivity contribution in [1.82, 2.24) is 9.88 Å². The molecule has 180 valence electrons. The third-order valence-corrected chi connectivity index (χ3v) is 7.00. The molecule has 0 bridgehead atoms. The molecule has 0 aliphatic carbocycles. The number of thiazole rings is 1. The maximum Gasteiger partial charge on any atom is 0.260 e. The second-order valence-corrected chi connectivity index (χ2v) is 8.67. The number of carbonyl (C=O) groups excluding carboxylic acids is 1. The van der Waals surface area contributed by atoms with Gasteiger partial charge in [-0.15, -0.1) is 12.4 Å². The van der Waals surface area contributed by atoms with E-state index in [9.17, 15) is 4.79 Å². The van der Waals surface area contributed by atoms with Crippen molar-refractivity contribution in [2.24, 2.45) is 0 Å². The molecule has 0 radical (unpaired) electrons. The summed E-state index contributed by atoms with van der Waals surface area (Å²) in [5.41, 5.74) is 1.35. The molecule has 3 aromatic carbocycles. The Hall–Kier alpha value is -2.87. The number of methoxy groups -OCH3 is 2. The van der Waals surface area contributed by atoms with E-state index in [4.69, 9.17) is 14.5 Å². The van der Waals surface area contributed by atoms with Gasteiger partial charge in [-0.2, -0.15) is 0 Å². The fourth-order valence-corrected chi connectivity index (χ4v) is 5.03. The minimum Gasteiger partial charge on any atom is -0.495 e. The zero-order valence-electron chi connectivity index (χ0n) is 19.9. The van der Waals surface area contributed by atoms with Crippen LogP contribution in [-0.4, -0.2) is 56.2 Å². The van der Waals surface area contributed by atoms with Crippen LogP contribution in [0.5, 0.6) is 11.5 Å². The van der Waals surface area contributed by atoms with Crippen LogP contribution >= 0.6 is 23.7 Å². The third-order valence-electron chi connectivity index (χ3n) is 5.91. The Balaban J connectivity index is 0.00000324. The number of ether oxygens (including phenoxy) is 2. The number of carbonyl (C=O) groups is 1. The second kappa shape index (κ2) is 11.5. The summed E-state index contributed by atoms with van der Waals surface area (Å²) in [6, 6.07) is 17.6. The van der Waals surface area contributed by atoms with Gasteiger partial charge in [-0.25, -0.2) is 4.98 Å². The van der Waals surface area contributed by atoms with Crippen molar-refractivity contribution in [3.63, 3.8) is 0 Å². The Kier molecular flexibility index (Phi) is 8.72. The lowest BCUT2D eigenvalue weighted by molar-refractivity contribution is 0.0984. The van der Waals surface area contributed by atoms with Crippen molar-refractivity contribution in [1.29, 1.82) is 0 Å². The van der Waals surface area contributed by atoms with E-state index in [0.717, 1.165) is 40.9 Å². The summed E-state index contributed by atoms with van der Waals surface area (Å²) >= 11 is 1.45. The molecule has 6 nitrogen and oxygen atoms in total. The maximum absolute atomic E-state index is 13.8. The highest BCUT2D eigenvalue weighted by Gasteiger charge is 2.24. The first-order valence-corrected chi connectivity index (χ1v) is 12.0. The van der Waals surface area contributed by atoms with Crippen LogP contribution in [-0.2, 0) is 0 Å². The average Bonchev–Trinajstić information content (AvgIpc) is 3.30. The molecule has 1 aromatic heterocycles. The molecule has 4 aromatic rings. The smallest absolute Gasteiger partial charge is 0.260 e. The van der Waals surface area contributed by atoms with Gasteiger partial charge in [-0.1, -0.05) is 55.5 Å². The van der Waals surface area contributed by atoms with E-state index in [1.165, 1.54) is 11.3 Å². The van der Waals surface area contributed by atoms with E-state index >= 15 is 0 Å². The number of hydrogen-bond donors (Lipinski definition) is 0. The second-order valence-electron chi connectivity index (χ2n) is 7.69. The molecule has 0 fully saturated rings. The lowest BCUT2D eigenvalue weighted by atomic mass is 10.1. The molecule has 1 heterocycles. The normalized spacial score (nSPS) is 11.0.